The number of para-hydroxylation sites is 1. The van der Waals surface area contributed by atoms with Crippen molar-refractivity contribution in [2.24, 2.45) is 0 Å². The summed E-state index contributed by atoms with van der Waals surface area (Å²) in [5.41, 5.74) is 7.44. The van der Waals surface area contributed by atoms with Gasteiger partial charge in [-0.05, 0) is 35.7 Å². The molecular formula is C15H20ClNO. The largest absolute Gasteiger partial charge is 0.508 e. The van der Waals surface area contributed by atoms with Crippen LogP contribution in [0.1, 0.15) is 25.3 Å². The summed E-state index contributed by atoms with van der Waals surface area (Å²) in [7, 11) is 0. The van der Waals surface area contributed by atoms with E-state index in [0.717, 1.165) is 5.69 Å². The predicted molar refractivity (Wildman–Crippen MR) is 80.3 cm³/mol. The van der Waals surface area contributed by atoms with Crippen LogP contribution in [0.4, 0.5) is 5.69 Å². The van der Waals surface area contributed by atoms with Gasteiger partial charge in [0.2, 0.25) is 0 Å². The first kappa shape index (κ1) is 16.3. The molecule has 2 nitrogen and oxygen atoms in total. The molecule has 0 radical (unpaired) electrons. The summed E-state index contributed by atoms with van der Waals surface area (Å²) in [6, 6.07) is 16.8. The molecule has 0 spiro atoms. The van der Waals surface area contributed by atoms with E-state index in [-0.39, 0.29) is 12.4 Å². The van der Waals surface area contributed by atoms with Gasteiger partial charge in [0, 0.05) is 5.69 Å². The van der Waals surface area contributed by atoms with Crippen LogP contribution in [0.15, 0.2) is 54.6 Å². The van der Waals surface area contributed by atoms with Gasteiger partial charge in [-0.3, -0.25) is 0 Å². The van der Waals surface area contributed by atoms with Gasteiger partial charge >= 0.3 is 0 Å². The Labute approximate surface area is 115 Å². The van der Waals surface area contributed by atoms with Crippen LogP contribution in [0.25, 0.3) is 0 Å². The van der Waals surface area contributed by atoms with Crippen molar-refractivity contribution in [1.29, 1.82) is 0 Å². The van der Waals surface area contributed by atoms with Crippen LogP contribution in [-0.2, 0) is 0 Å². The highest BCUT2D eigenvalue weighted by Gasteiger charge is 1.96. The molecule has 18 heavy (non-hydrogen) atoms. The zero-order chi connectivity index (χ0) is 12.7. The molecule has 98 valence electrons. The number of nitrogen functional groups attached to an aromatic ring is 1. The second-order valence-electron chi connectivity index (χ2n) is 4.16. The molecule has 0 aromatic heterocycles. The van der Waals surface area contributed by atoms with E-state index in [1.807, 2.05) is 42.5 Å². The Balaban J connectivity index is 0.000000321. The summed E-state index contributed by atoms with van der Waals surface area (Å²) in [6.45, 7) is 4.26. The molecule has 0 amide bonds. The summed E-state index contributed by atoms with van der Waals surface area (Å²) in [6.07, 6.45) is 0. The standard InChI is InChI=1S/C9H12O.C6H7N.ClH/c1-7(2)8-3-5-9(10)6-4-8;7-6-4-2-1-3-5-6;/h3-7,10H,1-2H3;1-5H,7H2;1H. The molecule has 2 aromatic rings. The van der Waals surface area contributed by atoms with Crippen LogP contribution in [0.3, 0.4) is 0 Å². The number of hydrogen-bond donors (Lipinski definition) is 2. The van der Waals surface area contributed by atoms with Crippen LogP contribution < -0.4 is 5.73 Å². The molecule has 0 atom stereocenters. The van der Waals surface area contributed by atoms with Crippen molar-refractivity contribution in [2.75, 3.05) is 5.73 Å². The molecule has 3 heteroatoms. The lowest BCUT2D eigenvalue weighted by Gasteiger charge is -2.03. The summed E-state index contributed by atoms with van der Waals surface area (Å²) in [5.74, 6) is 0.880. The van der Waals surface area contributed by atoms with Crippen molar-refractivity contribution in [2.45, 2.75) is 19.8 Å². The molecule has 0 aliphatic rings. The molecule has 0 saturated carbocycles. The number of rotatable bonds is 1. The minimum Gasteiger partial charge on any atom is -0.508 e. The number of benzene rings is 2. The van der Waals surface area contributed by atoms with Crippen molar-refractivity contribution in [3.8, 4) is 5.75 Å². The maximum absolute atomic E-state index is 8.94. The van der Waals surface area contributed by atoms with Gasteiger partial charge in [-0.2, -0.15) is 0 Å². The van der Waals surface area contributed by atoms with Gasteiger partial charge in [-0.1, -0.05) is 44.2 Å². The third-order valence-corrected chi connectivity index (χ3v) is 2.36. The van der Waals surface area contributed by atoms with Crippen LogP contribution in [0.2, 0.25) is 0 Å². The van der Waals surface area contributed by atoms with Crippen LogP contribution in [-0.4, -0.2) is 5.11 Å². The normalized spacial score (nSPS) is 9.06. The third kappa shape index (κ3) is 6.16. The van der Waals surface area contributed by atoms with Crippen LogP contribution in [0, 0.1) is 0 Å². The number of nitrogens with two attached hydrogens (primary N) is 1. The number of halogens is 1. The minimum absolute atomic E-state index is 0. The van der Waals surface area contributed by atoms with Crippen molar-refractivity contribution >= 4 is 18.1 Å². The Morgan fingerprint density at radius 2 is 1.39 bits per heavy atom. The van der Waals surface area contributed by atoms with E-state index >= 15 is 0 Å². The van der Waals surface area contributed by atoms with E-state index < -0.39 is 0 Å². The average Bonchev–Trinajstić information content (AvgIpc) is 2.31. The molecule has 0 fully saturated rings. The minimum atomic E-state index is 0. The van der Waals surface area contributed by atoms with E-state index in [1.165, 1.54) is 5.56 Å². The monoisotopic (exact) mass is 265 g/mol. The lowest BCUT2D eigenvalue weighted by atomic mass is 10.0. The molecule has 3 N–H and O–H groups in total. The van der Waals surface area contributed by atoms with Gasteiger partial charge in [-0.15, -0.1) is 12.4 Å². The predicted octanol–water partition coefficient (Wildman–Crippen LogP) is 4.21. The lowest BCUT2D eigenvalue weighted by Crippen LogP contribution is -1.84. The first-order chi connectivity index (χ1) is 8.09. The highest BCUT2D eigenvalue weighted by atomic mass is 35.5. The number of anilines is 1. The smallest absolute Gasteiger partial charge is 0.115 e. The highest BCUT2D eigenvalue weighted by molar-refractivity contribution is 5.85. The number of phenolic OH excluding ortho intramolecular Hbond substituents is 1. The summed E-state index contributed by atoms with van der Waals surface area (Å²) in [4.78, 5) is 0. The molecule has 0 heterocycles. The second-order valence-corrected chi connectivity index (χ2v) is 4.16. The van der Waals surface area contributed by atoms with Crippen molar-refractivity contribution in [1.82, 2.24) is 0 Å². The van der Waals surface area contributed by atoms with Crippen LogP contribution >= 0.6 is 12.4 Å². The first-order valence-corrected chi connectivity index (χ1v) is 5.69. The first-order valence-electron chi connectivity index (χ1n) is 5.69. The van der Waals surface area contributed by atoms with Gasteiger partial charge in [0.05, 0.1) is 0 Å². The van der Waals surface area contributed by atoms with Gasteiger partial charge in [0.1, 0.15) is 5.75 Å². The van der Waals surface area contributed by atoms with Crippen molar-refractivity contribution < 1.29 is 5.11 Å². The fourth-order valence-corrected chi connectivity index (χ4v) is 1.31. The summed E-state index contributed by atoms with van der Waals surface area (Å²) >= 11 is 0. The number of aromatic hydroxyl groups is 1. The molecule has 0 aliphatic carbocycles. The molecule has 0 aliphatic heterocycles. The maximum Gasteiger partial charge on any atom is 0.115 e. The van der Waals surface area contributed by atoms with E-state index in [1.54, 1.807) is 12.1 Å². The second kappa shape index (κ2) is 8.43. The third-order valence-electron chi connectivity index (χ3n) is 2.36. The molecule has 0 bridgehead atoms. The highest BCUT2D eigenvalue weighted by Crippen LogP contribution is 2.16. The topological polar surface area (TPSA) is 46.2 Å². The Morgan fingerprint density at radius 1 is 0.889 bits per heavy atom. The zero-order valence-corrected chi connectivity index (χ0v) is 11.5. The fraction of sp³-hybridized carbons (Fsp3) is 0.200. The van der Waals surface area contributed by atoms with E-state index in [0.29, 0.717) is 11.7 Å². The maximum atomic E-state index is 8.94. The zero-order valence-electron chi connectivity index (χ0n) is 10.7. The SMILES string of the molecule is CC(C)c1ccc(O)cc1.Cl.Nc1ccccc1. The Bertz CT molecular complexity index is 426. The van der Waals surface area contributed by atoms with E-state index in [2.05, 4.69) is 13.8 Å². The molecule has 2 rings (SSSR count). The summed E-state index contributed by atoms with van der Waals surface area (Å²) < 4.78 is 0. The van der Waals surface area contributed by atoms with Crippen molar-refractivity contribution in [3.05, 3.63) is 60.2 Å². The van der Waals surface area contributed by atoms with Gasteiger partial charge in [-0.25, -0.2) is 0 Å². The Kier molecular flexibility index (Phi) is 7.64. The fourth-order valence-electron chi connectivity index (χ4n) is 1.31. The molecular weight excluding hydrogens is 246 g/mol. The molecule has 0 saturated heterocycles. The summed E-state index contributed by atoms with van der Waals surface area (Å²) in [5, 5.41) is 8.94. The Hall–Kier alpha value is -1.67. The lowest BCUT2D eigenvalue weighted by molar-refractivity contribution is 0.475. The quantitative estimate of drug-likeness (QED) is 0.759. The van der Waals surface area contributed by atoms with E-state index in [9.17, 15) is 0 Å². The van der Waals surface area contributed by atoms with E-state index in [4.69, 9.17) is 10.8 Å². The van der Waals surface area contributed by atoms with Gasteiger partial charge in [0.15, 0.2) is 0 Å². The van der Waals surface area contributed by atoms with Gasteiger partial charge in [0.25, 0.3) is 0 Å². The van der Waals surface area contributed by atoms with Crippen molar-refractivity contribution in [3.63, 3.8) is 0 Å². The number of phenols is 1. The van der Waals surface area contributed by atoms with Crippen LogP contribution in [0.5, 0.6) is 5.75 Å². The molecule has 2 aromatic carbocycles. The molecule has 0 unspecified atom stereocenters. The Morgan fingerprint density at radius 3 is 1.72 bits per heavy atom. The van der Waals surface area contributed by atoms with Gasteiger partial charge < -0.3 is 10.8 Å². The number of hydrogen-bond acceptors (Lipinski definition) is 2. The average molecular weight is 266 g/mol.